The number of benzene rings is 1. The van der Waals surface area contributed by atoms with Crippen molar-refractivity contribution in [1.82, 2.24) is 9.78 Å². The minimum Gasteiger partial charge on any atom is -0.356 e. The Kier molecular flexibility index (Phi) is 4.62. The van der Waals surface area contributed by atoms with Gasteiger partial charge in [0.05, 0.1) is 17.6 Å². The molecule has 26 heavy (non-hydrogen) atoms. The van der Waals surface area contributed by atoms with Crippen LogP contribution in [0.15, 0.2) is 30.6 Å². The molecule has 1 aromatic heterocycles. The second-order valence-electron chi connectivity index (χ2n) is 8.03. The van der Waals surface area contributed by atoms with Gasteiger partial charge >= 0.3 is 0 Å². The van der Waals surface area contributed by atoms with E-state index in [0.29, 0.717) is 5.92 Å². The molecule has 2 atom stereocenters. The number of aryl methyl sites for hydroxylation is 2. The van der Waals surface area contributed by atoms with Crippen LogP contribution in [0.4, 0.5) is 5.69 Å². The summed E-state index contributed by atoms with van der Waals surface area (Å²) < 4.78 is 1.99. The summed E-state index contributed by atoms with van der Waals surface area (Å²) in [7, 11) is 2.03. The zero-order chi connectivity index (χ0) is 18.3. The number of nitrogens with two attached hydrogens (primary N) is 1. The van der Waals surface area contributed by atoms with E-state index < -0.39 is 0 Å². The number of aromatic nitrogens is 2. The number of allylic oxidation sites excluding steroid dienone is 1. The van der Waals surface area contributed by atoms with Crippen LogP contribution in [0.1, 0.15) is 61.8 Å². The number of nitrogens with zero attached hydrogens (tertiary/aromatic N) is 2. The number of fused-ring (bicyclic) bond motifs is 6. The van der Waals surface area contributed by atoms with Gasteiger partial charge < -0.3 is 11.1 Å². The van der Waals surface area contributed by atoms with E-state index in [2.05, 4.69) is 36.1 Å². The highest BCUT2D eigenvalue weighted by Crippen LogP contribution is 2.39. The van der Waals surface area contributed by atoms with Crippen LogP contribution < -0.4 is 11.1 Å². The van der Waals surface area contributed by atoms with Gasteiger partial charge in [0.25, 0.3) is 0 Å². The molecule has 4 nitrogen and oxygen atoms in total. The van der Waals surface area contributed by atoms with Gasteiger partial charge in [-0.1, -0.05) is 26.0 Å². The molecule has 0 spiro atoms. The van der Waals surface area contributed by atoms with Gasteiger partial charge in [-0.3, -0.25) is 4.68 Å². The third kappa shape index (κ3) is 3.07. The van der Waals surface area contributed by atoms with Crippen LogP contribution in [0.3, 0.4) is 0 Å². The quantitative estimate of drug-likeness (QED) is 0.723. The number of hydrogen-bond acceptors (Lipinski definition) is 3. The van der Waals surface area contributed by atoms with Crippen molar-refractivity contribution in [2.24, 2.45) is 18.7 Å². The lowest BCUT2D eigenvalue weighted by Gasteiger charge is -2.25. The highest BCUT2D eigenvalue weighted by molar-refractivity contribution is 5.79. The minimum atomic E-state index is 0.102. The van der Waals surface area contributed by atoms with Gasteiger partial charge in [0.2, 0.25) is 0 Å². The molecule has 2 unspecified atom stereocenters. The Hall–Kier alpha value is -2.07. The minimum absolute atomic E-state index is 0.102. The lowest BCUT2D eigenvalue weighted by atomic mass is 9.83. The summed E-state index contributed by atoms with van der Waals surface area (Å²) in [6.07, 6.45) is 10.0. The third-order valence-electron chi connectivity index (χ3n) is 6.15. The molecule has 0 radical (unpaired) electrons. The van der Waals surface area contributed by atoms with Crippen LogP contribution in [0, 0.1) is 5.92 Å². The van der Waals surface area contributed by atoms with Gasteiger partial charge in [0.15, 0.2) is 0 Å². The molecular formula is C22H30N4. The fraction of sp³-hybridized carbons (Fsp3) is 0.500. The number of rotatable bonds is 0. The van der Waals surface area contributed by atoms with Gasteiger partial charge in [0, 0.05) is 24.4 Å². The standard InChI is InChI=1S/C22H30N4/c1-14-7-6-10-20(23)17-11-16-8-4-5-9-18(16)19(12-17)22-21(25-15(14)2)13-24-26(22)3/h11-14,20,25H,2,4-10,23H2,1,3H3. The van der Waals surface area contributed by atoms with Crippen LogP contribution in [-0.2, 0) is 19.9 Å². The molecule has 2 heterocycles. The summed E-state index contributed by atoms with van der Waals surface area (Å²) in [6, 6.07) is 4.80. The second-order valence-corrected chi connectivity index (χ2v) is 8.03. The highest BCUT2D eigenvalue weighted by Gasteiger charge is 2.23. The van der Waals surface area contributed by atoms with Crippen LogP contribution >= 0.6 is 0 Å². The van der Waals surface area contributed by atoms with Crippen molar-refractivity contribution in [3.63, 3.8) is 0 Å². The van der Waals surface area contributed by atoms with E-state index in [0.717, 1.165) is 49.2 Å². The first-order valence-corrected chi connectivity index (χ1v) is 9.94. The SMILES string of the molecule is C=C1Nc2cnn(C)c2-c2cc(cc3c2CCCC3)C(N)CCCC1C. The Balaban J connectivity index is 1.92. The molecule has 4 heteroatoms. The average Bonchev–Trinajstić information content (AvgIpc) is 2.99. The van der Waals surface area contributed by atoms with E-state index in [1.807, 2.05) is 17.9 Å². The zero-order valence-electron chi connectivity index (χ0n) is 16.0. The monoisotopic (exact) mass is 350 g/mol. The number of anilines is 1. The first-order valence-electron chi connectivity index (χ1n) is 9.94. The normalized spacial score (nSPS) is 23.3. The Morgan fingerprint density at radius 2 is 2.00 bits per heavy atom. The fourth-order valence-electron chi connectivity index (χ4n) is 4.45. The molecule has 3 N–H and O–H groups in total. The lowest BCUT2D eigenvalue weighted by Crippen LogP contribution is -2.16. The summed E-state index contributed by atoms with van der Waals surface area (Å²) in [6.45, 7) is 6.53. The maximum Gasteiger partial charge on any atom is 0.0917 e. The molecule has 0 saturated carbocycles. The van der Waals surface area contributed by atoms with Crippen LogP contribution in [0.5, 0.6) is 0 Å². The van der Waals surface area contributed by atoms with Crippen molar-refractivity contribution in [2.75, 3.05) is 5.32 Å². The van der Waals surface area contributed by atoms with Crippen molar-refractivity contribution in [3.05, 3.63) is 47.3 Å². The van der Waals surface area contributed by atoms with E-state index in [4.69, 9.17) is 5.73 Å². The van der Waals surface area contributed by atoms with Crippen LogP contribution in [-0.4, -0.2) is 9.78 Å². The predicted octanol–water partition coefficient (Wildman–Crippen LogP) is 4.71. The van der Waals surface area contributed by atoms with Crippen molar-refractivity contribution in [3.8, 4) is 11.3 Å². The first-order chi connectivity index (χ1) is 12.5. The van der Waals surface area contributed by atoms with E-state index >= 15 is 0 Å². The summed E-state index contributed by atoms with van der Waals surface area (Å²) in [5.41, 5.74) is 15.4. The van der Waals surface area contributed by atoms with Crippen LogP contribution in [0.25, 0.3) is 11.3 Å². The molecule has 0 saturated heterocycles. The van der Waals surface area contributed by atoms with E-state index in [1.165, 1.54) is 35.1 Å². The molecule has 0 amide bonds. The van der Waals surface area contributed by atoms with Crippen molar-refractivity contribution < 1.29 is 0 Å². The van der Waals surface area contributed by atoms with Gasteiger partial charge in [-0.15, -0.1) is 0 Å². The number of nitrogens with one attached hydrogen (secondary N) is 1. The molecule has 2 bridgehead atoms. The first kappa shape index (κ1) is 17.3. The summed E-state index contributed by atoms with van der Waals surface area (Å²) >= 11 is 0. The third-order valence-corrected chi connectivity index (χ3v) is 6.15. The highest BCUT2D eigenvalue weighted by atomic mass is 15.3. The summed E-state index contributed by atoms with van der Waals surface area (Å²) in [5, 5.41) is 8.12. The van der Waals surface area contributed by atoms with Crippen molar-refractivity contribution >= 4 is 5.69 Å². The van der Waals surface area contributed by atoms with E-state index in [1.54, 1.807) is 0 Å². The largest absolute Gasteiger partial charge is 0.356 e. The molecule has 2 aromatic rings. The number of hydrogen-bond donors (Lipinski definition) is 2. The Morgan fingerprint density at radius 3 is 2.85 bits per heavy atom. The molecule has 0 fully saturated rings. The second kappa shape index (κ2) is 6.92. The molecule has 1 aliphatic heterocycles. The molecule has 1 aliphatic carbocycles. The summed E-state index contributed by atoms with van der Waals surface area (Å²) in [5.74, 6) is 0.418. The maximum atomic E-state index is 6.60. The van der Waals surface area contributed by atoms with Crippen LogP contribution in [0.2, 0.25) is 0 Å². The lowest BCUT2D eigenvalue weighted by molar-refractivity contribution is 0.521. The Labute approximate surface area is 156 Å². The van der Waals surface area contributed by atoms with Gasteiger partial charge in [-0.25, -0.2) is 0 Å². The van der Waals surface area contributed by atoms with Crippen molar-refractivity contribution in [1.29, 1.82) is 0 Å². The average molecular weight is 351 g/mol. The van der Waals surface area contributed by atoms with Gasteiger partial charge in [-0.2, -0.15) is 5.10 Å². The Morgan fingerprint density at radius 1 is 1.19 bits per heavy atom. The predicted molar refractivity (Wildman–Crippen MR) is 108 cm³/mol. The smallest absolute Gasteiger partial charge is 0.0917 e. The van der Waals surface area contributed by atoms with Gasteiger partial charge in [0.1, 0.15) is 0 Å². The van der Waals surface area contributed by atoms with E-state index in [9.17, 15) is 0 Å². The maximum absolute atomic E-state index is 6.60. The Bertz CT molecular complexity index is 833. The molecule has 138 valence electrons. The fourth-order valence-corrected chi connectivity index (χ4v) is 4.45. The molecule has 1 aromatic carbocycles. The molecule has 4 rings (SSSR count). The van der Waals surface area contributed by atoms with Gasteiger partial charge in [-0.05, 0) is 67.2 Å². The topological polar surface area (TPSA) is 55.9 Å². The zero-order valence-corrected chi connectivity index (χ0v) is 16.0. The summed E-state index contributed by atoms with van der Waals surface area (Å²) in [4.78, 5) is 0. The molecular weight excluding hydrogens is 320 g/mol. The van der Waals surface area contributed by atoms with Crippen molar-refractivity contribution in [2.45, 2.75) is 57.9 Å². The molecule has 2 aliphatic rings. The van der Waals surface area contributed by atoms with E-state index in [-0.39, 0.29) is 6.04 Å².